The zero-order valence-corrected chi connectivity index (χ0v) is 12.6. The van der Waals surface area contributed by atoms with Gasteiger partial charge in [0.05, 0.1) is 6.20 Å². The predicted molar refractivity (Wildman–Crippen MR) is 91.8 cm³/mol. The number of fused-ring (bicyclic) bond motifs is 1. The number of hydrogen-bond donors (Lipinski definition) is 1. The minimum absolute atomic E-state index is 0.0848. The van der Waals surface area contributed by atoms with Crippen molar-refractivity contribution in [1.82, 2.24) is 4.98 Å². The van der Waals surface area contributed by atoms with Crippen molar-refractivity contribution in [2.45, 2.75) is 0 Å². The number of carbonyl (C=O) groups is 1. The first-order valence-electron chi connectivity index (χ1n) is 7.49. The molecule has 2 aromatic carbocycles. The minimum Gasteiger partial charge on any atom is -0.475 e. The fraction of sp³-hybridized carbons (Fsp3) is 0. The average molecular weight is 315 g/mol. The van der Waals surface area contributed by atoms with Crippen molar-refractivity contribution in [3.63, 3.8) is 0 Å². The van der Waals surface area contributed by atoms with E-state index in [0.717, 1.165) is 27.6 Å². The van der Waals surface area contributed by atoms with E-state index in [1.807, 2.05) is 36.4 Å². The number of carboxylic acids is 1. The quantitative estimate of drug-likeness (QED) is 0.586. The maximum absolute atomic E-state index is 11.1. The summed E-state index contributed by atoms with van der Waals surface area (Å²) in [7, 11) is 0. The van der Waals surface area contributed by atoms with Crippen molar-refractivity contribution in [3.05, 3.63) is 78.8 Å². The molecule has 0 aliphatic carbocycles. The van der Waals surface area contributed by atoms with Crippen molar-refractivity contribution >= 4 is 16.9 Å². The van der Waals surface area contributed by atoms with Gasteiger partial charge < -0.3 is 9.52 Å². The second kappa shape index (κ2) is 5.66. The van der Waals surface area contributed by atoms with Crippen LogP contribution < -0.4 is 0 Å². The summed E-state index contributed by atoms with van der Waals surface area (Å²) in [6.07, 6.45) is 3.26. The lowest BCUT2D eigenvalue weighted by Gasteiger charge is -2.06. The lowest BCUT2D eigenvalue weighted by Crippen LogP contribution is -1.91. The first kappa shape index (κ1) is 14.2. The highest BCUT2D eigenvalue weighted by Crippen LogP contribution is 2.32. The fourth-order valence-electron chi connectivity index (χ4n) is 2.79. The van der Waals surface area contributed by atoms with E-state index in [9.17, 15) is 4.79 Å². The number of pyridine rings is 1. The number of furan rings is 1. The molecule has 0 amide bonds. The van der Waals surface area contributed by atoms with E-state index in [4.69, 9.17) is 9.52 Å². The lowest BCUT2D eigenvalue weighted by atomic mass is 9.98. The summed E-state index contributed by atoms with van der Waals surface area (Å²) in [5.74, 6) is -1.17. The van der Waals surface area contributed by atoms with E-state index in [2.05, 4.69) is 23.2 Å². The zero-order valence-electron chi connectivity index (χ0n) is 12.6. The molecule has 0 bridgehead atoms. The summed E-state index contributed by atoms with van der Waals surface area (Å²) >= 11 is 0. The number of benzene rings is 2. The summed E-state index contributed by atoms with van der Waals surface area (Å²) in [6, 6.07) is 19.7. The Morgan fingerprint density at radius 1 is 0.875 bits per heavy atom. The molecule has 4 aromatic rings. The van der Waals surface area contributed by atoms with Crippen LogP contribution in [-0.2, 0) is 0 Å². The highest BCUT2D eigenvalue weighted by atomic mass is 16.4. The van der Waals surface area contributed by atoms with Crippen molar-refractivity contribution in [2.24, 2.45) is 0 Å². The molecule has 0 aliphatic heterocycles. The molecule has 4 rings (SSSR count). The van der Waals surface area contributed by atoms with Crippen molar-refractivity contribution in [2.75, 3.05) is 0 Å². The Morgan fingerprint density at radius 3 is 2.42 bits per heavy atom. The molecule has 2 aromatic heterocycles. The van der Waals surface area contributed by atoms with Crippen LogP contribution in [0.2, 0.25) is 0 Å². The summed E-state index contributed by atoms with van der Waals surface area (Å²) in [6.45, 7) is 0. The number of aromatic carboxylic acids is 1. The van der Waals surface area contributed by atoms with Crippen LogP contribution in [-0.4, -0.2) is 16.1 Å². The summed E-state index contributed by atoms with van der Waals surface area (Å²) in [5.41, 5.74) is 4.49. The van der Waals surface area contributed by atoms with Gasteiger partial charge in [0.25, 0.3) is 0 Å². The molecular weight excluding hydrogens is 302 g/mol. The molecule has 0 fully saturated rings. The Hall–Kier alpha value is -3.40. The Balaban J connectivity index is 1.88. The number of rotatable bonds is 3. The van der Waals surface area contributed by atoms with Gasteiger partial charge in [-0.2, -0.15) is 0 Å². The largest absolute Gasteiger partial charge is 0.475 e. The Morgan fingerprint density at radius 2 is 1.62 bits per heavy atom. The van der Waals surface area contributed by atoms with Gasteiger partial charge >= 0.3 is 5.97 Å². The van der Waals surface area contributed by atoms with Gasteiger partial charge in [-0.05, 0) is 22.8 Å². The molecule has 116 valence electrons. The predicted octanol–water partition coefficient (Wildman–Crippen LogP) is 4.86. The molecule has 24 heavy (non-hydrogen) atoms. The van der Waals surface area contributed by atoms with Crippen LogP contribution >= 0.6 is 0 Å². The standard InChI is InChI=1S/C20H13NO3/c22-20(23)18-10-16-17(11-21-12-19(16)24-18)15-8-4-7-14(9-15)13-5-2-1-3-6-13/h1-12H,(H,22,23). The SMILES string of the molecule is O=C(O)c1cc2c(-c3cccc(-c4ccccc4)c3)cncc2o1. The molecule has 4 nitrogen and oxygen atoms in total. The van der Waals surface area contributed by atoms with Crippen LogP contribution in [0.15, 0.2) is 77.5 Å². The molecule has 1 N–H and O–H groups in total. The zero-order chi connectivity index (χ0) is 16.5. The molecule has 2 heterocycles. The van der Waals surface area contributed by atoms with E-state index in [1.165, 1.54) is 6.20 Å². The summed E-state index contributed by atoms with van der Waals surface area (Å²) < 4.78 is 5.34. The van der Waals surface area contributed by atoms with Gasteiger partial charge in [0, 0.05) is 23.2 Å². The molecule has 0 atom stereocenters. The van der Waals surface area contributed by atoms with E-state index < -0.39 is 5.97 Å². The number of aromatic nitrogens is 1. The second-order valence-electron chi connectivity index (χ2n) is 5.46. The van der Waals surface area contributed by atoms with Crippen molar-refractivity contribution in [3.8, 4) is 22.3 Å². The smallest absolute Gasteiger partial charge is 0.371 e. The summed E-state index contributed by atoms with van der Waals surface area (Å²) in [4.78, 5) is 15.3. The van der Waals surface area contributed by atoms with Gasteiger partial charge in [-0.1, -0.05) is 48.5 Å². The maximum Gasteiger partial charge on any atom is 0.371 e. The second-order valence-corrected chi connectivity index (χ2v) is 5.46. The van der Waals surface area contributed by atoms with E-state index in [1.54, 1.807) is 12.3 Å². The molecule has 0 spiro atoms. The summed E-state index contributed by atoms with van der Waals surface area (Å²) in [5, 5.41) is 9.87. The molecular formula is C20H13NO3. The number of carboxylic acid groups (broad SMARTS) is 1. The van der Waals surface area contributed by atoms with Crippen molar-refractivity contribution < 1.29 is 14.3 Å². The van der Waals surface area contributed by atoms with Gasteiger partial charge in [-0.3, -0.25) is 4.98 Å². The molecule has 0 saturated heterocycles. The Labute approximate surface area is 138 Å². The highest BCUT2D eigenvalue weighted by molar-refractivity contribution is 5.98. The monoisotopic (exact) mass is 315 g/mol. The first-order valence-corrected chi connectivity index (χ1v) is 7.49. The minimum atomic E-state index is -1.09. The third kappa shape index (κ3) is 2.44. The molecule has 0 radical (unpaired) electrons. The third-order valence-electron chi connectivity index (χ3n) is 3.94. The molecule has 0 unspecified atom stereocenters. The molecule has 0 saturated carbocycles. The van der Waals surface area contributed by atoms with E-state index in [-0.39, 0.29) is 5.76 Å². The topological polar surface area (TPSA) is 63.3 Å². The van der Waals surface area contributed by atoms with Crippen LogP contribution in [0.5, 0.6) is 0 Å². The normalized spacial score (nSPS) is 10.8. The van der Waals surface area contributed by atoms with Gasteiger partial charge in [0.2, 0.25) is 5.76 Å². The van der Waals surface area contributed by atoms with Crippen LogP contribution in [0.1, 0.15) is 10.6 Å². The highest BCUT2D eigenvalue weighted by Gasteiger charge is 2.14. The van der Waals surface area contributed by atoms with E-state index in [0.29, 0.717) is 5.58 Å². The van der Waals surface area contributed by atoms with Crippen LogP contribution in [0.3, 0.4) is 0 Å². The lowest BCUT2D eigenvalue weighted by molar-refractivity contribution is 0.0665. The van der Waals surface area contributed by atoms with E-state index >= 15 is 0 Å². The van der Waals surface area contributed by atoms with Crippen LogP contribution in [0.25, 0.3) is 33.2 Å². The Bertz CT molecular complexity index is 1040. The molecule has 0 aliphatic rings. The molecule has 4 heteroatoms. The van der Waals surface area contributed by atoms with Crippen LogP contribution in [0, 0.1) is 0 Å². The number of hydrogen-bond acceptors (Lipinski definition) is 3. The van der Waals surface area contributed by atoms with Gasteiger partial charge in [-0.25, -0.2) is 4.79 Å². The average Bonchev–Trinajstić information content (AvgIpc) is 3.07. The number of nitrogens with zero attached hydrogens (tertiary/aromatic N) is 1. The third-order valence-corrected chi connectivity index (χ3v) is 3.94. The maximum atomic E-state index is 11.1. The Kier molecular flexibility index (Phi) is 3.35. The fourth-order valence-corrected chi connectivity index (χ4v) is 2.79. The van der Waals surface area contributed by atoms with Crippen LogP contribution in [0.4, 0.5) is 0 Å². The van der Waals surface area contributed by atoms with Gasteiger partial charge in [-0.15, -0.1) is 0 Å². The van der Waals surface area contributed by atoms with Gasteiger partial charge in [0.15, 0.2) is 5.58 Å². The van der Waals surface area contributed by atoms with Gasteiger partial charge in [0.1, 0.15) is 0 Å². The van der Waals surface area contributed by atoms with Crippen molar-refractivity contribution in [1.29, 1.82) is 0 Å². The first-order chi connectivity index (χ1) is 11.7.